The second kappa shape index (κ2) is 4.67. The molecule has 19 heavy (non-hydrogen) atoms. The molecule has 0 aliphatic carbocycles. The standard InChI is InChI=1S/C16H10BrFO/c17-12-5-6-13(15(18)9-12)14-7-10-3-1-2-4-11(10)8-16(14)19/h1-9,19H/i1D,2D,3D,4D,7D,8D. The normalized spacial score (nSPS) is 15.3. The summed E-state index contributed by atoms with van der Waals surface area (Å²) >= 11 is 3.11. The molecule has 0 aliphatic rings. The molecule has 94 valence electrons. The van der Waals surface area contributed by atoms with Gasteiger partial charge in [-0.05, 0) is 35.0 Å². The molecule has 0 unspecified atom stereocenters. The highest BCUT2D eigenvalue weighted by molar-refractivity contribution is 9.10. The summed E-state index contributed by atoms with van der Waals surface area (Å²) < 4.78 is 62.5. The molecule has 0 fully saturated rings. The highest BCUT2D eigenvalue weighted by atomic mass is 79.9. The monoisotopic (exact) mass is 322 g/mol. The Labute approximate surface area is 126 Å². The Balaban J connectivity index is 2.56. The van der Waals surface area contributed by atoms with Gasteiger partial charge in [-0.15, -0.1) is 0 Å². The van der Waals surface area contributed by atoms with Gasteiger partial charge in [0, 0.05) is 15.6 Å². The van der Waals surface area contributed by atoms with E-state index in [2.05, 4.69) is 15.9 Å². The van der Waals surface area contributed by atoms with Gasteiger partial charge < -0.3 is 5.11 Å². The number of phenolic OH excluding ortho intramolecular Hbond substituents is 1. The number of aromatic hydroxyl groups is 1. The molecule has 0 spiro atoms. The van der Waals surface area contributed by atoms with Crippen molar-refractivity contribution in [3.63, 3.8) is 0 Å². The molecule has 3 aromatic rings. The van der Waals surface area contributed by atoms with Gasteiger partial charge in [-0.3, -0.25) is 0 Å². The summed E-state index contributed by atoms with van der Waals surface area (Å²) in [7, 11) is 0. The van der Waals surface area contributed by atoms with Crippen molar-refractivity contribution in [3.05, 3.63) is 64.7 Å². The van der Waals surface area contributed by atoms with E-state index in [-0.39, 0.29) is 21.9 Å². The maximum Gasteiger partial charge on any atom is 0.132 e. The highest BCUT2D eigenvalue weighted by Crippen LogP contribution is 2.35. The minimum atomic E-state index is -0.738. The van der Waals surface area contributed by atoms with Crippen LogP contribution in [0, 0.1) is 5.82 Å². The van der Waals surface area contributed by atoms with Crippen molar-refractivity contribution >= 4 is 26.7 Å². The van der Waals surface area contributed by atoms with Crippen LogP contribution in [0.2, 0.25) is 0 Å². The summed E-state index contributed by atoms with van der Waals surface area (Å²) in [4.78, 5) is 0. The minimum Gasteiger partial charge on any atom is -0.507 e. The minimum absolute atomic E-state index is 0.131. The summed E-state index contributed by atoms with van der Waals surface area (Å²) in [5, 5.41) is 9.86. The molecule has 0 heterocycles. The number of fused-ring (bicyclic) bond motifs is 1. The molecule has 0 bridgehead atoms. The van der Waals surface area contributed by atoms with Crippen molar-refractivity contribution < 1.29 is 17.7 Å². The zero-order valence-corrected chi connectivity index (χ0v) is 11.0. The van der Waals surface area contributed by atoms with Crippen LogP contribution >= 0.6 is 15.9 Å². The first kappa shape index (κ1) is 7.06. The molecule has 0 saturated carbocycles. The van der Waals surface area contributed by atoms with Crippen LogP contribution in [0.3, 0.4) is 0 Å². The fourth-order valence-corrected chi connectivity index (χ4v) is 2.09. The lowest BCUT2D eigenvalue weighted by atomic mass is 10.00. The lowest BCUT2D eigenvalue weighted by Crippen LogP contribution is -1.86. The van der Waals surface area contributed by atoms with Crippen molar-refractivity contribution in [2.75, 3.05) is 0 Å². The predicted molar refractivity (Wildman–Crippen MR) is 78.7 cm³/mol. The molecule has 3 heteroatoms. The van der Waals surface area contributed by atoms with E-state index >= 15 is 0 Å². The van der Waals surface area contributed by atoms with Crippen molar-refractivity contribution in [2.24, 2.45) is 0 Å². The van der Waals surface area contributed by atoms with Gasteiger partial charge in [-0.1, -0.05) is 46.2 Å². The average Bonchev–Trinajstić information content (AvgIpc) is 2.56. The lowest BCUT2D eigenvalue weighted by Gasteiger charge is -2.08. The molecule has 3 rings (SSSR count). The van der Waals surface area contributed by atoms with Crippen LogP contribution in [0.4, 0.5) is 4.39 Å². The first-order chi connectivity index (χ1) is 11.7. The van der Waals surface area contributed by atoms with Crippen molar-refractivity contribution in [3.8, 4) is 16.9 Å². The Hall–Kier alpha value is -1.87. The quantitative estimate of drug-likeness (QED) is 0.659. The molecule has 0 amide bonds. The van der Waals surface area contributed by atoms with Crippen LogP contribution in [0.25, 0.3) is 21.9 Å². The van der Waals surface area contributed by atoms with Gasteiger partial charge in [-0.25, -0.2) is 4.39 Å². The molecule has 3 aromatic carbocycles. The van der Waals surface area contributed by atoms with E-state index in [1.165, 1.54) is 12.1 Å². The molecule has 0 aromatic heterocycles. The molecule has 1 nitrogen and oxygen atoms in total. The third-order valence-electron chi connectivity index (χ3n) is 2.62. The lowest BCUT2D eigenvalue weighted by molar-refractivity contribution is 0.477. The Morgan fingerprint density at radius 3 is 2.42 bits per heavy atom. The molecule has 0 radical (unpaired) electrons. The molecular formula is C16H10BrFO. The predicted octanol–water partition coefficient (Wildman–Crippen LogP) is 5.11. The van der Waals surface area contributed by atoms with Crippen LogP contribution in [-0.4, -0.2) is 5.11 Å². The third kappa shape index (κ3) is 2.22. The fourth-order valence-electron chi connectivity index (χ4n) is 1.75. The molecule has 1 N–H and O–H groups in total. The fraction of sp³-hybridized carbons (Fsp3) is 0. The number of rotatable bonds is 1. The number of phenols is 1. The zero-order valence-electron chi connectivity index (χ0n) is 15.4. The van der Waals surface area contributed by atoms with Crippen LogP contribution in [0.5, 0.6) is 5.75 Å². The molecule has 0 aliphatic heterocycles. The van der Waals surface area contributed by atoms with Gasteiger partial charge in [0.25, 0.3) is 0 Å². The number of hydrogen-bond acceptors (Lipinski definition) is 1. The maximum absolute atomic E-state index is 14.3. The van der Waals surface area contributed by atoms with Crippen LogP contribution in [0.15, 0.2) is 58.9 Å². The Morgan fingerprint density at radius 1 is 1.05 bits per heavy atom. The summed E-state index contributed by atoms with van der Waals surface area (Å²) in [6.07, 6.45) is 0. The summed E-state index contributed by atoms with van der Waals surface area (Å²) in [6.45, 7) is 0. The smallest absolute Gasteiger partial charge is 0.132 e. The van der Waals surface area contributed by atoms with Gasteiger partial charge >= 0.3 is 0 Å². The van der Waals surface area contributed by atoms with Crippen LogP contribution in [0.1, 0.15) is 8.22 Å². The van der Waals surface area contributed by atoms with E-state index < -0.39 is 47.8 Å². The largest absolute Gasteiger partial charge is 0.507 e. The van der Waals surface area contributed by atoms with E-state index in [0.29, 0.717) is 4.47 Å². The molecule has 0 atom stereocenters. The first-order valence-electron chi connectivity index (χ1n) is 8.34. The number of benzene rings is 3. The van der Waals surface area contributed by atoms with Crippen LogP contribution < -0.4 is 0 Å². The van der Waals surface area contributed by atoms with E-state index in [1.54, 1.807) is 0 Å². The summed E-state index contributed by atoms with van der Waals surface area (Å²) in [5.41, 5.74) is -0.416. The van der Waals surface area contributed by atoms with E-state index in [9.17, 15) is 9.50 Å². The van der Waals surface area contributed by atoms with E-state index in [0.717, 1.165) is 6.07 Å². The maximum atomic E-state index is 14.3. The van der Waals surface area contributed by atoms with Crippen molar-refractivity contribution in [1.29, 1.82) is 0 Å². The Kier molecular flexibility index (Phi) is 1.73. The summed E-state index contributed by atoms with van der Waals surface area (Å²) in [5.74, 6) is -1.44. The van der Waals surface area contributed by atoms with E-state index in [1.807, 2.05) is 0 Å². The average molecular weight is 323 g/mol. The van der Waals surface area contributed by atoms with E-state index in [4.69, 9.17) is 8.22 Å². The molecular weight excluding hydrogens is 307 g/mol. The highest BCUT2D eigenvalue weighted by Gasteiger charge is 2.11. The zero-order chi connectivity index (χ0) is 18.6. The van der Waals surface area contributed by atoms with Gasteiger partial charge in [-0.2, -0.15) is 0 Å². The summed E-state index contributed by atoms with van der Waals surface area (Å²) in [6, 6.07) is 0.788. The number of halogens is 2. The number of hydrogen-bond donors (Lipinski definition) is 1. The van der Waals surface area contributed by atoms with Gasteiger partial charge in [0.15, 0.2) is 0 Å². The second-order valence-corrected chi connectivity index (χ2v) is 4.76. The van der Waals surface area contributed by atoms with Crippen molar-refractivity contribution in [1.82, 2.24) is 0 Å². The van der Waals surface area contributed by atoms with Crippen LogP contribution in [-0.2, 0) is 0 Å². The Bertz CT molecular complexity index is 1050. The first-order valence-corrected chi connectivity index (χ1v) is 6.13. The van der Waals surface area contributed by atoms with Gasteiger partial charge in [0.2, 0.25) is 0 Å². The SMILES string of the molecule is [2H]c1c([2H])c([2H])c2c([2H])c(-c3ccc(Br)cc3F)c(O)c([2H])c2c1[2H]. The third-order valence-corrected chi connectivity index (χ3v) is 3.11. The second-order valence-electron chi connectivity index (χ2n) is 3.85. The van der Waals surface area contributed by atoms with Gasteiger partial charge in [0.1, 0.15) is 11.6 Å². The van der Waals surface area contributed by atoms with Crippen molar-refractivity contribution in [2.45, 2.75) is 0 Å². The molecule has 0 saturated heterocycles. The Morgan fingerprint density at radius 2 is 1.74 bits per heavy atom. The topological polar surface area (TPSA) is 20.2 Å². The van der Waals surface area contributed by atoms with Gasteiger partial charge in [0.05, 0.1) is 8.22 Å².